The van der Waals surface area contributed by atoms with Gasteiger partial charge < -0.3 is 16.2 Å². The van der Waals surface area contributed by atoms with Gasteiger partial charge in [-0.25, -0.2) is 0 Å². The molecule has 1 aromatic carbocycles. The van der Waals surface area contributed by atoms with Crippen LogP contribution in [-0.4, -0.2) is 17.7 Å². The molecule has 100 valence electrons. The maximum absolute atomic E-state index is 9.68. The molecular weight excluding hydrogens is 224 g/mol. The highest BCUT2D eigenvalue weighted by Gasteiger charge is 2.24. The molecule has 1 aromatic rings. The molecule has 2 atom stereocenters. The Balaban J connectivity index is 2.15. The van der Waals surface area contributed by atoms with Crippen LogP contribution in [0.3, 0.4) is 0 Å². The smallest absolute Gasteiger partial charge is 0.118 e. The summed E-state index contributed by atoms with van der Waals surface area (Å²) in [5, 5.41) is 13.3. The summed E-state index contributed by atoms with van der Waals surface area (Å²) in [6, 6.07) is 4.34. The number of nitrogens with one attached hydrogen (secondary N) is 1. The Morgan fingerprint density at radius 1 is 1.22 bits per heavy atom. The van der Waals surface area contributed by atoms with Gasteiger partial charge in [-0.2, -0.15) is 0 Å². The second kappa shape index (κ2) is 5.61. The molecule has 0 radical (unpaired) electrons. The Kier molecular flexibility index (Phi) is 4.12. The first-order valence-corrected chi connectivity index (χ1v) is 6.88. The lowest BCUT2D eigenvalue weighted by atomic mass is 9.84. The first-order valence-electron chi connectivity index (χ1n) is 6.88. The number of phenols is 1. The van der Waals surface area contributed by atoms with Crippen LogP contribution in [0.15, 0.2) is 12.1 Å². The second-order valence-electron chi connectivity index (χ2n) is 5.48. The first kappa shape index (κ1) is 13.2. The van der Waals surface area contributed by atoms with E-state index in [9.17, 15) is 5.11 Å². The van der Waals surface area contributed by atoms with Gasteiger partial charge in [0.05, 0.1) is 0 Å². The van der Waals surface area contributed by atoms with Crippen LogP contribution in [0.2, 0.25) is 0 Å². The Bertz CT molecular complexity index is 417. The van der Waals surface area contributed by atoms with Gasteiger partial charge in [-0.15, -0.1) is 0 Å². The fourth-order valence-corrected chi connectivity index (χ4v) is 2.84. The molecule has 0 aromatic heterocycles. The quantitative estimate of drug-likeness (QED) is 0.721. The van der Waals surface area contributed by atoms with E-state index < -0.39 is 0 Å². The minimum atomic E-state index is 0.372. The van der Waals surface area contributed by atoms with Gasteiger partial charge in [-0.05, 0) is 62.4 Å². The van der Waals surface area contributed by atoms with Crippen molar-refractivity contribution in [3.63, 3.8) is 0 Å². The molecule has 3 heteroatoms. The van der Waals surface area contributed by atoms with Crippen molar-refractivity contribution in [2.45, 2.75) is 45.6 Å². The average Bonchev–Trinajstić information content (AvgIpc) is 2.36. The van der Waals surface area contributed by atoms with E-state index in [1.54, 1.807) is 0 Å². The molecule has 0 heterocycles. The van der Waals surface area contributed by atoms with Crippen LogP contribution >= 0.6 is 0 Å². The molecule has 1 aliphatic rings. The highest BCUT2D eigenvalue weighted by Crippen LogP contribution is 2.30. The van der Waals surface area contributed by atoms with Gasteiger partial charge in [0.1, 0.15) is 5.75 Å². The van der Waals surface area contributed by atoms with Gasteiger partial charge in [-0.3, -0.25) is 0 Å². The lowest BCUT2D eigenvalue weighted by molar-refractivity contribution is 0.332. The summed E-state index contributed by atoms with van der Waals surface area (Å²) in [4.78, 5) is 0. The number of aromatic hydroxyl groups is 1. The number of benzene rings is 1. The Labute approximate surface area is 109 Å². The van der Waals surface area contributed by atoms with Gasteiger partial charge in [0.15, 0.2) is 0 Å². The van der Waals surface area contributed by atoms with Crippen molar-refractivity contribution in [1.29, 1.82) is 0 Å². The normalized spacial score (nSPS) is 23.9. The average molecular weight is 248 g/mol. The minimum absolute atomic E-state index is 0.372. The van der Waals surface area contributed by atoms with Crippen LogP contribution in [-0.2, 0) is 0 Å². The van der Waals surface area contributed by atoms with Crippen molar-refractivity contribution < 1.29 is 5.11 Å². The monoisotopic (exact) mass is 248 g/mol. The Morgan fingerprint density at radius 2 is 1.94 bits per heavy atom. The molecule has 0 spiro atoms. The van der Waals surface area contributed by atoms with Gasteiger partial charge in [0.2, 0.25) is 0 Å². The number of hydrogen-bond donors (Lipinski definition) is 3. The van der Waals surface area contributed by atoms with Crippen molar-refractivity contribution >= 4 is 5.69 Å². The van der Waals surface area contributed by atoms with Crippen molar-refractivity contribution in [3.8, 4) is 5.75 Å². The fraction of sp³-hybridized carbons (Fsp3) is 0.600. The SMILES string of the molecule is Cc1cc(NC2CCCCC2CN)c(C)cc1O. The molecule has 2 rings (SSSR count). The number of aryl methyl sites for hydroxylation is 2. The summed E-state index contributed by atoms with van der Waals surface area (Å²) in [5.74, 6) is 0.948. The molecule has 1 saturated carbocycles. The van der Waals surface area contributed by atoms with E-state index in [0.29, 0.717) is 17.7 Å². The maximum Gasteiger partial charge on any atom is 0.118 e. The van der Waals surface area contributed by atoms with E-state index >= 15 is 0 Å². The maximum atomic E-state index is 9.68. The van der Waals surface area contributed by atoms with Crippen molar-refractivity contribution in [2.75, 3.05) is 11.9 Å². The van der Waals surface area contributed by atoms with Crippen molar-refractivity contribution in [2.24, 2.45) is 11.7 Å². The van der Waals surface area contributed by atoms with Crippen LogP contribution in [0.4, 0.5) is 5.69 Å². The molecule has 0 amide bonds. The zero-order valence-corrected chi connectivity index (χ0v) is 11.4. The van der Waals surface area contributed by atoms with Crippen molar-refractivity contribution in [1.82, 2.24) is 0 Å². The minimum Gasteiger partial charge on any atom is -0.508 e. The van der Waals surface area contributed by atoms with E-state index in [4.69, 9.17) is 5.73 Å². The van der Waals surface area contributed by atoms with Crippen molar-refractivity contribution in [3.05, 3.63) is 23.3 Å². The molecule has 1 aliphatic carbocycles. The molecule has 2 unspecified atom stereocenters. The van der Waals surface area contributed by atoms with Crippen LogP contribution in [0, 0.1) is 19.8 Å². The van der Waals surface area contributed by atoms with Crippen LogP contribution in [0.1, 0.15) is 36.8 Å². The number of hydrogen-bond acceptors (Lipinski definition) is 3. The zero-order valence-electron chi connectivity index (χ0n) is 11.4. The van der Waals surface area contributed by atoms with E-state index in [1.807, 2.05) is 26.0 Å². The molecule has 0 bridgehead atoms. The zero-order chi connectivity index (χ0) is 13.1. The highest BCUT2D eigenvalue weighted by molar-refractivity contribution is 5.57. The lowest BCUT2D eigenvalue weighted by Crippen LogP contribution is -2.36. The molecule has 3 nitrogen and oxygen atoms in total. The summed E-state index contributed by atoms with van der Waals surface area (Å²) < 4.78 is 0. The first-order chi connectivity index (χ1) is 8.61. The predicted octanol–water partition coefficient (Wildman–Crippen LogP) is 2.94. The summed E-state index contributed by atoms with van der Waals surface area (Å²) in [6.07, 6.45) is 5.00. The molecule has 18 heavy (non-hydrogen) atoms. The standard InChI is InChI=1S/C15H24N2O/c1-10-8-15(18)11(2)7-14(10)17-13-6-4-3-5-12(13)9-16/h7-8,12-13,17-18H,3-6,9,16H2,1-2H3. The van der Waals surface area contributed by atoms with Gasteiger partial charge in [0.25, 0.3) is 0 Å². The molecule has 0 aliphatic heterocycles. The largest absolute Gasteiger partial charge is 0.508 e. The molecule has 0 saturated heterocycles. The van der Waals surface area contributed by atoms with E-state index in [1.165, 1.54) is 25.7 Å². The topological polar surface area (TPSA) is 58.3 Å². The number of nitrogens with two attached hydrogens (primary N) is 1. The summed E-state index contributed by atoms with van der Waals surface area (Å²) in [5.41, 5.74) is 9.01. The van der Waals surface area contributed by atoms with E-state index in [-0.39, 0.29) is 0 Å². The Hall–Kier alpha value is -1.22. The van der Waals surface area contributed by atoms with Crippen LogP contribution in [0.5, 0.6) is 5.75 Å². The third kappa shape index (κ3) is 2.78. The van der Waals surface area contributed by atoms with Crippen LogP contribution < -0.4 is 11.1 Å². The van der Waals surface area contributed by atoms with Gasteiger partial charge in [0, 0.05) is 11.7 Å². The Morgan fingerprint density at radius 3 is 2.67 bits per heavy atom. The summed E-state index contributed by atoms with van der Waals surface area (Å²) in [6.45, 7) is 4.72. The summed E-state index contributed by atoms with van der Waals surface area (Å²) in [7, 11) is 0. The number of anilines is 1. The number of rotatable bonds is 3. The third-order valence-electron chi connectivity index (χ3n) is 4.10. The summed E-state index contributed by atoms with van der Waals surface area (Å²) >= 11 is 0. The fourth-order valence-electron chi connectivity index (χ4n) is 2.84. The lowest BCUT2D eigenvalue weighted by Gasteiger charge is -2.32. The predicted molar refractivity (Wildman–Crippen MR) is 76.0 cm³/mol. The molecule has 4 N–H and O–H groups in total. The third-order valence-corrected chi connectivity index (χ3v) is 4.10. The number of phenolic OH excluding ortho intramolecular Hbond substituents is 1. The van der Waals surface area contributed by atoms with Gasteiger partial charge >= 0.3 is 0 Å². The van der Waals surface area contributed by atoms with E-state index in [2.05, 4.69) is 5.32 Å². The molecule has 1 fully saturated rings. The van der Waals surface area contributed by atoms with Crippen LogP contribution in [0.25, 0.3) is 0 Å². The second-order valence-corrected chi connectivity index (χ2v) is 5.48. The van der Waals surface area contributed by atoms with E-state index in [0.717, 1.165) is 23.4 Å². The van der Waals surface area contributed by atoms with Gasteiger partial charge in [-0.1, -0.05) is 12.8 Å². The highest BCUT2D eigenvalue weighted by atomic mass is 16.3. The molecular formula is C15H24N2O.